The van der Waals surface area contributed by atoms with Crippen LogP contribution < -0.4 is 0 Å². The molecule has 0 bridgehead atoms. The molecule has 0 rings (SSSR count). The molecular weight excluding hydrogens is 1080 g/mol. The van der Waals surface area contributed by atoms with Gasteiger partial charge in [-0.3, -0.25) is 14.4 Å². The molecule has 0 aromatic carbocycles. The van der Waals surface area contributed by atoms with Crippen LogP contribution in [0.2, 0.25) is 0 Å². The van der Waals surface area contributed by atoms with Crippen LogP contribution in [0.5, 0.6) is 0 Å². The van der Waals surface area contributed by atoms with Gasteiger partial charge >= 0.3 is 17.9 Å². The van der Waals surface area contributed by atoms with Crippen molar-refractivity contribution < 1.29 is 28.6 Å². The van der Waals surface area contributed by atoms with Crippen molar-refractivity contribution in [3.63, 3.8) is 0 Å². The van der Waals surface area contributed by atoms with Crippen LogP contribution in [0.1, 0.15) is 272 Å². The maximum absolute atomic E-state index is 11.3. The maximum Gasteiger partial charge on any atom is 0.305 e. The van der Waals surface area contributed by atoms with Gasteiger partial charge in [0.25, 0.3) is 0 Å². The Morgan fingerprint density at radius 1 is 0.324 bits per heavy atom. The summed E-state index contributed by atoms with van der Waals surface area (Å²) in [6.45, 7) is 13.6. The molecule has 0 amide bonds. The third-order valence-electron chi connectivity index (χ3n) is 11.4. The number of hydrogen-bond donors (Lipinski definition) is 0. The SMILES string of the molecule is CCCCC/C=C/C/C=C/CCCCCCCC(=O)OCC[S].CCCCC/C=C/C/C=C/CCCCCCCC(=O)OCC[S].CCCCC/C=C/C/C=C/CCCCCCCC(=O)OCC[S].[CH2]CCC.[Sn]. The predicted octanol–water partition coefficient (Wildman–Crippen LogP) is 20.9. The molecule has 428 valence electrons. The van der Waals surface area contributed by atoms with Gasteiger partial charge in [0, 0.05) is 60.4 Å². The molecule has 0 N–H and O–H groups in total. The number of unbranched alkanes of at least 4 members (excludes halogenated alkanes) is 25. The smallest absolute Gasteiger partial charge is 0.305 e. The molecule has 0 aromatic rings. The second-order valence-corrected chi connectivity index (χ2v) is 19.8. The Balaban J connectivity index is -0.000000308. The van der Waals surface area contributed by atoms with Crippen molar-refractivity contribution >= 4 is 79.7 Å². The van der Waals surface area contributed by atoms with Crippen molar-refractivity contribution in [1.29, 1.82) is 0 Å². The molecule has 0 saturated heterocycles. The van der Waals surface area contributed by atoms with Crippen LogP contribution in [0, 0.1) is 6.92 Å². The van der Waals surface area contributed by atoms with Gasteiger partial charge in [-0.25, -0.2) is 0 Å². The summed E-state index contributed by atoms with van der Waals surface area (Å²) in [4.78, 5) is 33.8. The summed E-state index contributed by atoms with van der Waals surface area (Å²) < 4.78 is 14.9. The molecule has 10 heteroatoms. The molecule has 0 aliphatic carbocycles. The van der Waals surface area contributed by atoms with Gasteiger partial charge in [-0.2, -0.15) is 0 Å². The standard InChI is InChI=1S/3C20H35O2S.C4H9.Sn/c3*1-2-3-4-5-6-7-8-9-10-11-12-13-14-15-16-17-20(21)22-18-19-23;1-3-4-2;/h3*6-7,9-10H,2-5,8,11-19H2,1H3;1,3-4H2,2H3;/b3*7-6+,10-9+;;. The Kier molecular flexibility index (Phi) is 88.8. The fourth-order valence-electron chi connectivity index (χ4n) is 6.93. The quantitative estimate of drug-likeness (QED) is 0.0199. The molecular formula is C64H114O6S3Sn. The number of rotatable bonds is 49. The van der Waals surface area contributed by atoms with Crippen LogP contribution in [0.15, 0.2) is 72.9 Å². The van der Waals surface area contributed by atoms with Crippen LogP contribution in [0.3, 0.4) is 0 Å². The van der Waals surface area contributed by atoms with E-state index in [0.29, 0.717) is 56.3 Å². The van der Waals surface area contributed by atoms with E-state index in [1.807, 2.05) is 0 Å². The van der Waals surface area contributed by atoms with E-state index < -0.39 is 0 Å². The Hall–Kier alpha value is -1.30. The normalized spacial score (nSPS) is 11.2. The minimum absolute atomic E-state index is 0. The molecule has 0 atom stereocenters. The second-order valence-electron chi connectivity index (χ2n) is 18.6. The Morgan fingerprint density at radius 3 is 0.730 bits per heavy atom. The zero-order chi connectivity index (χ0) is 54.5. The van der Waals surface area contributed by atoms with Crippen molar-refractivity contribution in [2.45, 2.75) is 272 Å². The van der Waals surface area contributed by atoms with E-state index >= 15 is 0 Å². The average Bonchev–Trinajstić information content (AvgIpc) is 3.40. The number of carbonyl (C=O) groups excluding carboxylic acids is 3. The van der Waals surface area contributed by atoms with E-state index in [0.717, 1.165) is 64.2 Å². The van der Waals surface area contributed by atoms with Gasteiger partial charge in [0.2, 0.25) is 0 Å². The third kappa shape index (κ3) is 87.4. The minimum Gasteiger partial charge on any atom is -0.465 e. The molecule has 0 aliphatic heterocycles. The molecule has 0 spiro atoms. The number of carbonyl (C=O) groups is 3. The molecule has 74 heavy (non-hydrogen) atoms. The van der Waals surface area contributed by atoms with E-state index in [2.05, 4.69) is 108 Å². The Bertz CT molecular complexity index is 1120. The molecule has 6 nitrogen and oxygen atoms in total. The van der Waals surface area contributed by atoms with Crippen LogP contribution in [-0.4, -0.2) is 78.9 Å². The molecule has 0 heterocycles. The summed E-state index contributed by atoms with van der Waals surface area (Å²) in [5, 5.41) is 0. The summed E-state index contributed by atoms with van der Waals surface area (Å²) in [7, 11) is 0. The van der Waals surface area contributed by atoms with Crippen LogP contribution in [-0.2, 0) is 28.6 Å². The molecule has 0 aromatic heterocycles. The number of ether oxygens (including phenoxy) is 3. The van der Waals surface area contributed by atoms with Crippen molar-refractivity contribution in [3.05, 3.63) is 79.8 Å². The van der Waals surface area contributed by atoms with E-state index in [1.54, 1.807) is 0 Å². The maximum atomic E-state index is 11.3. The van der Waals surface area contributed by atoms with Crippen molar-refractivity contribution in [2.24, 2.45) is 0 Å². The Labute approximate surface area is 493 Å². The summed E-state index contributed by atoms with van der Waals surface area (Å²) in [5.74, 6) is 1.19. The first-order valence-electron chi connectivity index (χ1n) is 29.7. The summed E-state index contributed by atoms with van der Waals surface area (Å²) >= 11 is 14.2. The first-order chi connectivity index (χ1) is 35.8. The fraction of sp³-hybridized carbons (Fsp3) is 0.750. The largest absolute Gasteiger partial charge is 0.465 e. The number of esters is 3. The first kappa shape index (κ1) is 81.5. The van der Waals surface area contributed by atoms with Gasteiger partial charge in [-0.1, -0.05) is 255 Å². The van der Waals surface area contributed by atoms with Gasteiger partial charge < -0.3 is 14.2 Å². The minimum atomic E-state index is -0.0967. The van der Waals surface area contributed by atoms with E-state index in [1.165, 1.54) is 161 Å². The van der Waals surface area contributed by atoms with Gasteiger partial charge in [0.05, 0.1) is 0 Å². The molecule has 0 fully saturated rings. The monoisotopic (exact) mass is 1190 g/mol. The van der Waals surface area contributed by atoms with E-state index in [-0.39, 0.29) is 41.8 Å². The average molecular weight is 1190 g/mol. The molecule has 0 saturated carbocycles. The van der Waals surface area contributed by atoms with Crippen molar-refractivity contribution in [1.82, 2.24) is 0 Å². The fourth-order valence-corrected chi connectivity index (χ4v) is 7.18. The van der Waals surface area contributed by atoms with Crippen molar-refractivity contribution in [2.75, 3.05) is 37.1 Å². The molecule has 0 aliphatic rings. The summed E-state index contributed by atoms with van der Waals surface area (Å²) in [5.41, 5.74) is 0. The zero-order valence-corrected chi connectivity index (χ0v) is 53.7. The van der Waals surface area contributed by atoms with Gasteiger partial charge in [-0.05, 0) is 116 Å². The number of hydrogen-bond acceptors (Lipinski definition) is 6. The first-order valence-corrected chi connectivity index (χ1v) is 31.5. The predicted molar refractivity (Wildman–Crippen MR) is 334 cm³/mol. The van der Waals surface area contributed by atoms with Crippen molar-refractivity contribution in [3.8, 4) is 0 Å². The van der Waals surface area contributed by atoms with Crippen LogP contribution in [0.25, 0.3) is 0 Å². The molecule has 0 unspecified atom stereocenters. The topological polar surface area (TPSA) is 78.9 Å². The molecule has 8 radical (unpaired) electrons. The van der Waals surface area contributed by atoms with Gasteiger partial charge in [-0.15, -0.1) is 0 Å². The van der Waals surface area contributed by atoms with Gasteiger partial charge in [0.15, 0.2) is 0 Å². The van der Waals surface area contributed by atoms with E-state index in [4.69, 9.17) is 52.1 Å². The third-order valence-corrected chi connectivity index (χ3v) is 11.9. The number of allylic oxidation sites excluding steroid dienone is 12. The second kappa shape index (κ2) is 80.6. The summed E-state index contributed by atoms with van der Waals surface area (Å²) in [6, 6.07) is 0. The Morgan fingerprint density at radius 2 is 0.527 bits per heavy atom. The van der Waals surface area contributed by atoms with E-state index in [9.17, 15) is 14.4 Å². The zero-order valence-electron chi connectivity index (χ0n) is 48.4. The summed E-state index contributed by atoms with van der Waals surface area (Å²) in [6.07, 6.45) is 70.9. The van der Waals surface area contributed by atoms with Crippen LogP contribution >= 0.6 is 37.9 Å². The van der Waals surface area contributed by atoms with Crippen LogP contribution in [0.4, 0.5) is 0 Å². The van der Waals surface area contributed by atoms with Gasteiger partial charge in [0.1, 0.15) is 19.8 Å².